The van der Waals surface area contributed by atoms with Crippen LogP contribution in [0.15, 0.2) is 0 Å². The lowest BCUT2D eigenvalue weighted by Gasteiger charge is -2.16. The summed E-state index contributed by atoms with van der Waals surface area (Å²) in [7, 11) is 3.85. The summed E-state index contributed by atoms with van der Waals surface area (Å²) >= 11 is 0. The lowest BCUT2D eigenvalue weighted by atomic mass is 10.4. The van der Waals surface area contributed by atoms with Crippen LogP contribution in [0.1, 0.15) is 20.8 Å². The van der Waals surface area contributed by atoms with Crippen LogP contribution >= 0.6 is 0 Å². The van der Waals surface area contributed by atoms with Gasteiger partial charge in [0.25, 0.3) is 0 Å². The molecule has 0 aliphatic carbocycles. The SMILES string of the molecule is CNC(C)COCCOC(C)COCC(C)NC. The van der Waals surface area contributed by atoms with E-state index in [1.807, 2.05) is 21.0 Å². The summed E-state index contributed by atoms with van der Waals surface area (Å²) in [5.74, 6) is 0. The molecular weight excluding hydrogens is 232 g/mol. The largest absolute Gasteiger partial charge is 0.377 e. The third-order valence-electron chi connectivity index (χ3n) is 2.70. The van der Waals surface area contributed by atoms with E-state index in [4.69, 9.17) is 14.2 Å². The second kappa shape index (κ2) is 11.9. The number of ether oxygens (including phenoxy) is 3. The molecule has 0 aliphatic heterocycles. The summed E-state index contributed by atoms with van der Waals surface area (Å²) in [5.41, 5.74) is 0. The predicted octanol–water partition coefficient (Wildman–Crippen LogP) is 0.641. The van der Waals surface area contributed by atoms with Crippen molar-refractivity contribution in [3.05, 3.63) is 0 Å². The first-order chi connectivity index (χ1) is 8.60. The average Bonchev–Trinajstić information content (AvgIpc) is 2.37. The molecule has 2 N–H and O–H groups in total. The molecule has 0 spiro atoms. The molecular formula is C13H30N2O3. The van der Waals surface area contributed by atoms with Crippen LogP contribution in [0.2, 0.25) is 0 Å². The number of hydrogen-bond donors (Lipinski definition) is 2. The third-order valence-corrected chi connectivity index (χ3v) is 2.70. The number of likely N-dealkylation sites (N-methyl/N-ethyl adjacent to an activating group) is 2. The molecule has 0 amide bonds. The molecule has 0 aromatic heterocycles. The molecule has 0 saturated carbocycles. The Labute approximate surface area is 112 Å². The van der Waals surface area contributed by atoms with Crippen LogP contribution in [0, 0.1) is 0 Å². The molecule has 0 rings (SSSR count). The van der Waals surface area contributed by atoms with E-state index in [9.17, 15) is 0 Å². The maximum atomic E-state index is 5.58. The van der Waals surface area contributed by atoms with E-state index in [1.54, 1.807) is 0 Å². The van der Waals surface area contributed by atoms with Gasteiger partial charge in [0.1, 0.15) is 0 Å². The summed E-state index contributed by atoms with van der Waals surface area (Å²) in [6.07, 6.45) is 0.111. The molecule has 0 saturated heterocycles. The fourth-order valence-corrected chi connectivity index (χ4v) is 1.19. The molecule has 0 aromatic carbocycles. The van der Waals surface area contributed by atoms with Crippen molar-refractivity contribution in [2.75, 3.05) is 47.1 Å². The molecule has 18 heavy (non-hydrogen) atoms. The van der Waals surface area contributed by atoms with Crippen molar-refractivity contribution >= 4 is 0 Å². The lowest BCUT2D eigenvalue weighted by molar-refractivity contribution is -0.0334. The molecule has 110 valence electrons. The Hall–Kier alpha value is -0.200. The summed E-state index contributed by atoms with van der Waals surface area (Å²) in [6, 6.07) is 0.761. The Bertz CT molecular complexity index is 182. The van der Waals surface area contributed by atoms with E-state index < -0.39 is 0 Å². The summed E-state index contributed by atoms with van der Waals surface area (Å²) in [5, 5.41) is 6.24. The lowest BCUT2D eigenvalue weighted by Crippen LogP contribution is -2.29. The van der Waals surface area contributed by atoms with Gasteiger partial charge in [-0.2, -0.15) is 0 Å². The van der Waals surface area contributed by atoms with Crippen LogP contribution in [0.25, 0.3) is 0 Å². The van der Waals surface area contributed by atoms with Crippen molar-refractivity contribution in [1.29, 1.82) is 0 Å². The maximum absolute atomic E-state index is 5.58. The van der Waals surface area contributed by atoms with Gasteiger partial charge in [0.15, 0.2) is 0 Å². The normalized spacial score (nSPS) is 16.5. The van der Waals surface area contributed by atoms with Crippen LogP contribution in [-0.2, 0) is 14.2 Å². The van der Waals surface area contributed by atoms with Crippen molar-refractivity contribution in [1.82, 2.24) is 10.6 Å². The highest BCUT2D eigenvalue weighted by atomic mass is 16.5. The molecule has 0 fully saturated rings. The second-order valence-corrected chi connectivity index (χ2v) is 4.67. The topological polar surface area (TPSA) is 51.8 Å². The van der Waals surface area contributed by atoms with Crippen LogP contribution in [0.4, 0.5) is 0 Å². The fraction of sp³-hybridized carbons (Fsp3) is 1.00. The van der Waals surface area contributed by atoms with Crippen molar-refractivity contribution in [3.63, 3.8) is 0 Å². The Morgan fingerprint density at radius 3 is 1.89 bits per heavy atom. The molecule has 3 unspecified atom stereocenters. The van der Waals surface area contributed by atoms with Crippen molar-refractivity contribution < 1.29 is 14.2 Å². The summed E-state index contributed by atoms with van der Waals surface area (Å²) in [4.78, 5) is 0. The van der Waals surface area contributed by atoms with Crippen LogP contribution in [0.3, 0.4) is 0 Å². The zero-order valence-electron chi connectivity index (χ0n) is 12.5. The van der Waals surface area contributed by atoms with Gasteiger partial charge in [0, 0.05) is 12.1 Å². The summed E-state index contributed by atoms with van der Waals surface area (Å²) in [6.45, 7) is 9.47. The first-order valence-corrected chi connectivity index (χ1v) is 6.71. The molecule has 0 heterocycles. The maximum Gasteiger partial charge on any atom is 0.0781 e. The monoisotopic (exact) mass is 262 g/mol. The first-order valence-electron chi connectivity index (χ1n) is 6.71. The minimum absolute atomic E-state index is 0.111. The first kappa shape index (κ1) is 17.8. The highest BCUT2D eigenvalue weighted by Gasteiger charge is 2.04. The van der Waals surface area contributed by atoms with Gasteiger partial charge < -0.3 is 24.8 Å². The van der Waals surface area contributed by atoms with E-state index in [-0.39, 0.29) is 6.10 Å². The molecule has 5 heteroatoms. The highest BCUT2D eigenvalue weighted by Crippen LogP contribution is 1.94. The van der Waals surface area contributed by atoms with Gasteiger partial charge >= 0.3 is 0 Å². The standard InChI is InChI=1S/C13H30N2O3/c1-11(14-4)8-16-6-7-18-13(3)10-17-9-12(2)15-5/h11-15H,6-10H2,1-5H3. The number of hydrogen-bond acceptors (Lipinski definition) is 5. The van der Waals surface area contributed by atoms with Gasteiger partial charge in [-0.05, 0) is 34.9 Å². The molecule has 0 radical (unpaired) electrons. The van der Waals surface area contributed by atoms with E-state index in [1.165, 1.54) is 0 Å². The van der Waals surface area contributed by atoms with Crippen molar-refractivity contribution in [2.24, 2.45) is 0 Å². The van der Waals surface area contributed by atoms with Gasteiger partial charge in [-0.15, -0.1) is 0 Å². The smallest absolute Gasteiger partial charge is 0.0781 e. The third kappa shape index (κ3) is 10.9. The molecule has 5 nitrogen and oxygen atoms in total. The highest BCUT2D eigenvalue weighted by molar-refractivity contribution is 4.56. The van der Waals surface area contributed by atoms with Gasteiger partial charge in [-0.1, -0.05) is 0 Å². The number of nitrogens with one attached hydrogen (secondary N) is 2. The Morgan fingerprint density at radius 1 is 0.778 bits per heavy atom. The Morgan fingerprint density at radius 2 is 1.33 bits per heavy atom. The quantitative estimate of drug-likeness (QED) is 0.506. The Balaban J connectivity index is 3.29. The fourth-order valence-electron chi connectivity index (χ4n) is 1.19. The van der Waals surface area contributed by atoms with Crippen LogP contribution in [0.5, 0.6) is 0 Å². The van der Waals surface area contributed by atoms with E-state index >= 15 is 0 Å². The average molecular weight is 262 g/mol. The zero-order valence-corrected chi connectivity index (χ0v) is 12.5. The van der Waals surface area contributed by atoms with E-state index in [2.05, 4.69) is 24.5 Å². The zero-order chi connectivity index (χ0) is 13.8. The van der Waals surface area contributed by atoms with Crippen LogP contribution < -0.4 is 10.6 Å². The van der Waals surface area contributed by atoms with Crippen molar-refractivity contribution in [2.45, 2.75) is 39.0 Å². The van der Waals surface area contributed by atoms with Crippen molar-refractivity contribution in [3.8, 4) is 0 Å². The minimum atomic E-state index is 0.111. The van der Waals surface area contributed by atoms with Gasteiger partial charge in [0.2, 0.25) is 0 Å². The van der Waals surface area contributed by atoms with Gasteiger partial charge in [-0.25, -0.2) is 0 Å². The molecule has 3 atom stereocenters. The van der Waals surface area contributed by atoms with Crippen LogP contribution in [-0.4, -0.2) is 65.3 Å². The Kier molecular flexibility index (Phi) is 11.7. The predicted molar refractivity (Wildman–Crippen MR) is 74.1 cm³/mol. The number of rotatable bonds is 12. The summed E-state index contributed by atoms with van der Waals surface area (Å²) < 4.78 is 16.6. The minimum Gasteiger partial charge on any atom is -0.377 e. The molecule has 0 bridgehead atoms. The molecule has 0 aliphatic rings. The second-order valence-electron chi connectivity index (χ2n) is 4.67. The van der Waals surface area contributed by atoms with E-state index in [0.29, 0.717) is 45.1 Å². The van der Waals surface area contributed by atoms with Gasteiger partial charge in [-0.3, -0.25) is 0 Å². The van der Waals surface area contributed by atoms with E-state index in [0.717, 1.165) is 0 Å². The molecule has 0 aromatic rings. The van der Waals surface area contributed by atoms with Gasteiger partial charge in [0.05, 0.1) is 39.1 Å².